The van der Waals surface area contributed by atoms with Gasteiger partial charge < -0.3 is 15.2 Å². The van der Waals surface area contributed by atoms with Gasteiger partial charge in [-0.25, -0.2) is 4.39 Å². The van der Waals surface area contributed by atoms with Crippen LogP contribution in [0.5, 0.6) is 5.75 Å². The van der Waals surface area contributed by atoms with Gasteiger partial charge in [-0.1, -0.05) is 0 Å². The molecule has 0 saturated carbocycles. The molecule has 0 bridgehead atoms. The first-order valence-corrected chi connectivity index (χ1v) is 7.56. The number of ether oxygens (including phenoxy) is 1. The molecule has 9 heteroatoms. The summed E-state index contributed by atoms with van der Waals surface area (Å²) in [6.45, 7) is 0.590. The van der Waals surface area contributed by atoms with Gasteiger partial charge in [-0.2, -0.15) is 18.4 Å². The molecule has 0 spiro atoms. The molecule has 0 saturated heterocycles. The van der Waals surface area contributed by atoms with E-state index in [1.165, 1.54) is 18.2 Å². The van der Waals surface area contributed by atoms with E-state index in [2.05, 4.69) is 5.32 Å². The number of carbonyl (C=O) groups is 1. The molecule has 2 aromatic rings. The Morgan fingerprint density at radius 1 is 1.22 bits per heavy atom. The zero-order valence-corrected chi connectivity index (χ0v) is 14.0. The molecule has 0 fully saturated rings. The molecule has 5 nitrogen and oxygen atoms in total. The largest absolute Gasteiger partial charge is 0.490 e. The Hall–Kier alpha value is -3.12. The van der Waals surface area contributed by atoms with Crippen LogP contribution in [0.1, 0.15) is 18.1 Å². The van der Waals surface area contributed by atoms with Gasteiger partial charge in [0.2, 0.25) is 0 Å². The topological polar surface area (TPSA) is 82.3 Å². The van der Waals surface area contributed by atoms with E-state index >= 15 is 0 Å². The fourth-order valence-electron chi connectivity index (χ4n) is 2.04. The van der Waals surface area contributed by atoms with Gasteiger partial charge in [-0.15, -0.1) is 0 Å². The van der Waals surface area contributed by atoms with Crippen LogP contribution in [-0.2, 0) is 11.0 Å². The van der Waals surface area contributed by atoms with Crippen LogP contribution in [-0.4, -0.2) is 23.2 Å². The highest BCUT2D eigenvalue weighted by Crippen LogP contribution is 2.33. The maximum absolute atomic E-state index is 13.0. The van der Waals surface area contributed by atoms with Crippen LogP contribution >= 0.6 is 0 Å². The van der Waals surface area contributed by atoms with Crippen molar-refractivity contribution in [3.05, 3.63) is 59.4 Å². The standard InChI is InChI=1S/C18H14F4N2O3/c1-17(26,10-27-14-6-3-12(19)4-7-14)16(25)24-13-5-2-11(9-23)15(8-13)18(20,21)22/h2-8,26H,10H2,1H3,(H,24,25)/t17-/m0/s1. The summed E-state index contributed by atoms with van der Waals surface area (Å²) >= 11 is 0. The van der Waals surface area contributed by atoms with Crippen molar-refractivity contribution in [1.82, 2.24) is 0 Å². The van der Waals surface area contributed by atoms with Gasteiger partial charge >= 0.3 is 6.18 Å². The van der Waals surface area contributed by atoms with Crippen molar-refractivity contribution in [2.24, 2.45) is 0 Å². The fraction of sp³-hybridized carbons (Fsp3) is 0.222. The summed E-state index contributed by atoms with van der Waals surface area (Å²) < 4.78 is 56.9. The van der Waals surface area contributed by atoms with Crippen LogP contribution in [0.15, 0.2) is 42.5 Å². The monoisotopic (exact) mass is 382 g/mol. The Balaban J connectivity index is 2.11. The van der Waals surface area contributed by atoms with Crippen LogP contribution in [0.2, 0.25) is 0 Å². The minimum Gasteiger partial charge on any atom is -0.490 e. The van der Waals surface area contributed by atoms with E-state index in [1.54, 1.807) is 0 Å². The predicted octanol–water partition coefficient (Wildman–Crippen LogP) is 3.48. The van der Waals surface area contributed by atoms with E-state index in [4.69, 9.17) is 10.00 Å². The first-order valence-electron chi connectivity index (χ1n) is 7.56. The van der Waals surface area contributed by atoms with E-state index in [0.717, 1.165) is 31.2 Å². The zero-order chi connectivity index (χ0) is 20.2. The summed E-state index contributed by atoms with van der Waals surface area (Å²) in [4.78, 5) is 12.2. The highest BCUT2D eigenvalue weighted by Gasteiger charge is 2.35. The summed E-state index contributed by atoms with van der Waals surface area (Å²) in [6, 6.07) is 8.90. The molecule has 0 aliphatic rings. The minimum atomic E-state index is -4.78. The maximum Gasteiger partial charge on any atom is 0.417 e. The number of carbonyl (C=O) groups excluding carboxylic acids is 1. The zero-order valence-electron chi connectivity index (χ0n) is 14.0. The van der Waals surface area contributed by atoms with Gasteiger partial charge in [0.1, 0.15) is 18.2 Å². The van der Waals surface area contributed by atoms with Gasteiger partial charge in [-0.05, 0) is 49.4 Å². The number of nitrogens with zero attached hydrogens (tertiary/aromatic N) is 1. The second-order valence-corrected chi connectivity index (χ2v) is 5.84. The molecule has 0 unspecified atom stereocenters. The van der Waals surface area contributed by atoms with Gasteiger partial charge in [0, 0.05) is 5.69 Å². The number of amides is 1. The van der Waals surface area contributed by atoms with Crippen molar-refractivity contribution in [3.63, 3.8) is 0 Å². The van der Waals surface area contributed by atoms with Crippen LogP contribution in [0.4, 0.5) is 23.2 Å². The summed E-state index contributed by atoms with van der Waals surface area (Å²) in [5.74, 6) is -1.31. The quantitative estimate of drug-likeness (QED) is 0.776. The Morgan fingerprint density at radius 2 is 1.85 bits per heavy atom. The highest BCUT2D eigenvalue weighted by molar-refractivity contribution is 5.97. The number of benzene rings is 2. The lowest BCUT2D eigenvalue weighted by atomic mass is 10.1. The van der Waals surface area contributed by atoms with Crippen molar-refractivity contribution < 1.29 is 32.2 Å². The number of halogens is 4. The molecule has 1 amide bonds. The number of hydrogen-bond donors (Lipinski definition) is 2. The van der Waals surface area contributed by atoms with Gasteiger partial charge in [-0.3, -0.25) is 4.79 Å². The molecule has 2 aromatic carbocycles. The molecule has 0 radical (unpaired) electrons. The van der Waals surface area contributed by atoms with Crippen LogP contribution in [0.25, 0.3) is 0 Å². The molecule has 27 heavy (non-hydrogen) atoms. The molecule has 0 aliphatic carbocycles. The molecule has 142 valence electrons. The molecule has 2 rings (SSSR count). The number of alkyl halides is 3. The van der Waals surface area contributed by atoms with Gasteiger partial charge in [0.25, 0.3) is 5.91 Å². The first kappa shape index (κ1) is 20.2. The molecule has 1 atom stereocenters. The Morgan fingerprint density at radius 3 is 2.41 bits per heavy atom. The van der Waals surface area contributed by atoms with Crippen molar-refractivity contribution in [2.45, 2.75) is 18.7 Å². The van der Waals surface area contributed by atoms with E-state index in [-0.39, 0.29) is 11.4 Å². The maximum atomic E-state index is 13.0. The van der Waals surface area contributed by atoms with Crippen molar-refractivity contribution in [2.75, 3.05) is 11.9 Å². The molecule has 0 heterocycles. The van der Waals surface area contributed by atoms with E-state index < -0.39 is 41.2 Å². The third-order valence-corrected chi connectivity index (χ3v) is 3.53. The fourth-order valence-corrected chi connectivity index (χ4v) is 2.04. The molecular weight excluding hydrogens is 368 g/mol. The normalized spacial score (nSPS) is 13.4. The summed E-state index contributed by atoms with van der Waals surface area (Å²) in [6.07, 6.45) is -4.78. The van der Waals surface area contributed by atoms with Crippen LogP contribution in [0, 0.1) is 17.1 Å². The summed E-state index contributed by atoms with van der Waals surface area (Å²) in [7, 11) is 0. The van der Waals surface area contributed by atoms with Crippen LogP contribution in [0.3, 0.4) is 0 Å². The molecule has 0 aliphatic heterocycles. The Kier molecular flexibility index (Phi) is 5.71. The Labute approximate surface area is 151 Å². The smallest absolute Gasteiger partial charge is 0.417 e. The number of anilines is 1. The summed E-state index contributed by atoms with van der Waals surface area (Å²) in [5.41, 5.74) is -4.12. The lowest BCUT2D eigenvalue weighted by molar-refractivity contribution is -0.138. The first-order chi connectivity index (χ1) is 12.5. The number of nitrogens with one attached hydrogen (secondary N) is 1. The number of rotatable bonds is 5. The van der Waals surface area contributed by atoms with E-state index in [1.807, 2.05) is 0 Å². The third kappa shape index (κ3) is 5.18. The third-order valence-electron chi connectivity index (χ3n) is 3.53. The number of aliphatic hydroxyl groups is 1. The lowest BCUT2D eigenvalue weighted by Gasteiger charge is -2.23. The lowest BCUT2D eigenvalue weighted by Crippen LogP contribution is -2.45. The molecule has 0 aromatic heterocycles. The second kappa shape index (κ2) is 7.63. The van der Waals surface area contributed by atoms with Crippen LogP contribution < -0.4 is 10.1 Å². The number of nitriles is 1. The number of hydrogen-bond acceptors (Lipinski definition) is 4. The average molecular weight is 382 g/mol. The van der Waals surface area contributed by atoms with E-state index in [9.17, 15) is 27.5 Å². The predicted molar refractivity (Wildman–Crippen MR) is 87.3 cm³/mol. The van der Waals surface area contributed by atoms with E-state index in [0.29, 0.717) is 6.07 Å². The Bertz CT molecular complexity index is 872. The summed E-state index contributed by atoms with van der Waals surface area (Å²) in [5, 5.41) is 21.1. The average Bonchev–Trinajstić information content (AvgIpc) is 2.60. The minimum absolute atomic E-state index is 0.196. The molecule has 2 N–H and O–H groups in total. The second-order valence-electron chi connectivity index (χ2n) is 5.84. The van der Waals surface area contributed by atoms with Gasteiger partial charge in [0.15, 0.2) is 5.60 Å². The van der Waals surface area contributed by atoms with Crippen molar-refractivity contribution in [3.8, 4) is 11.8 Å². The van der Waals surface area contributed by atoms with Crippen molar-refractivity contribution in [1.29, 1.82) is 5.26 Å². The van der Waals surface area contributed by atoms with Gasteiger partial charge in [0.05, 0.1) is 17.2 Å². The highest BCUT2D eigenvalue weighted by atomic mass is 19.4. The van der Waals surface area contributed by atoms with Crippen molar-refractivity contribution >= 4 is 11.6 Å². The SMILES string of the molecule is C[C@](O)(COc1ccc(F)cc1)C(=O)Nc1ccc(C#N)c(C(F)(F)F)c1. The molecular formula is C18H14F4N2O3.